The van der Waals surface area contributed by atoms with Crippen molar-refractivity contribution in [3.05, 3.63) is 56.2 Å². The van der Waals surface area contributed by atoms with Gasteiger partial charge in [-0.3, -0.25) is 18.9 Å². The molecule has 1 aliphatic heterocycles. The highest BCUT2D eigenvalue weighted by Gasteiger charge is 2.55. The molecule has 0 spiro atoms. The third-order valence-electron chi connectivity index (χ3n) is 4.28. The summed E-state index contributed by atoms with van der Waals surface area (Å²) in [5.74, 6) is -1.15. The van der Waals surface area contributed by atoms with E-state index in [1.165, 1.54) is 0 Å². The largest absolute Gasteiger partial charge is 0.490 e. The van der Waals surface area contributed by atoms with Crippen LogP contribution in [0.15, 0.2) is 39.6 Å². The van der Waals surface area contributed by atoms with Crippen LogP contribution in [-0.2, 0) is 31.6 Å². The predicted octanol–water partition coefficient (Wildman–Crippen LogP) is -0.379. The standard InChI is InChI=1S/C12H18N5O14P3/c1-2-7-9(19)12(5-14-16-13,29-10(7)17-4-3-8(18)15-11(17)20)6-28-33(24,25)31-34(26,27)30-32(21,22)23/h2-4,7,9-10,19H,1,5-6H2,(H,24,25)(H,26,27)(H,15,18,20)(H2,21,22,23)/t7-,9+,10-,12-/m1/s1. The van der Waals surface area contributed by atoms with E-state index in [1.54, 1.807) is 0 Å². The first kappa shape index (κ1) is 28.3. The van der Waals surface area contributed by atoms with Crippen LogP contribution in [-0.4, -0.2) is 59.1 Å². The Hall–Kier alpha value is -1.94. The van der Waals surface area contributed by atoms with Crippen LogP contribution in [0.2, 0.25) is 0 Å². The second kappa shape index (κ2) is 10.4. The second-order valence-electron chi connectivity index (χ2n) is 6.60. The smallest absolute Gasteiger partial charge is 0.389 e. The molecule has 22 heteroatoms. The minimum absolute atomic E-state index is 0.747. The lowest BCUT2D eigenvalue weighted by molar-refractivity contribution is -0.120. The molecule has 1 saturated heterocycles. The molecule has 0 radical (unpaired) electrons. The molecule has 6 atom stereocenters. The summed E-state index contributed by atoms with van der Waals surface area (Å²) in [7, 11) is -17.1. The highest BCUT2D eigenvalue weighted by Crippen LogP contribution is 2.66. The molecule has 0 aliphatic carbocycles. The first-order valence-electron chi connectivity index (χ1n) is 8.64. The van der Waals surface area contributed by atoms with Crippen molar-refractivity contribution in [1.82, 2.24) is 9.55 Å². The van der Waals surface area contributed by atoms with Gasteiger partial charge in [0.1, 0.15) is 11.8 Å². The highest BCUT2D eigenvalue weighted by molar-refractivity contribution is 7.66. The van der Waals surface area contributed by atoms with Crippen molar-refractivity contribution >= 4 is 23.5 Å². The molecule has 34 heavy (non-hydrogen) atoms. The van der Waals surface area contributed by atoms with Crippen molar-refractivity contribution in [2.24, 2.45) is 11.0 Å². The number of aromatic amines is 1. The Bertz CT molecular complexity index is 1240. The summed E-state index contributed by atoms with van der Waals surface area (Å²) in [5, 5.41) is 14.0. The number of aliphatic hydroxyl groups excluding tert-OH is 1. The quantitative estimate of drug-likeness (QED) is 0.0674. The lowest BCUT2D eigenvalue weighted by atomic mass is 9.90. The first-order chi connectivity index (χ1) is 15.5. The average Bonchev–Trinajstić information content (AvgIpc) is 2.94. The lowest BCUT2D eigenvalue weighted by Crippen LogP contribution is -2.48. The zero-order chi connectivity index (χ0) is 25.9. The number of phosphoric acid groups is 3. The third kappa shape index (κ3) is 7.04. The Morgan fingerprint density at radius 1 is 1.26 bits per heavy atom. The van der Waals surface area contributed by atoms with Gasteiger partial charge >= 0.3 is 29.2 Å². The number of nitrogens with zero attached hydrogens (tertiary/aromatic N) is 4. The van der Waals surface area contributed by atoms with Crippen LogP contribution in [0.5, 0.6) is 0 Å². The van der Waals surface area contributed by atoms with Gasteiger partial charge in [0.05, 0.1) is 25.2 Å². The van der Waals surface area contributed by atoms with Gasteiger partial charge in [-0.05, 0) is 5.53 Å². The van der Waals surface area contributed by atoms with Crippen LogP contribution in [0, 0.1) is 5.92 Å². The summed E-state index contributed by atoms with van der Waals surface area (Å²) in [5.41, 5.74) is 4.77. The summed E-state index contributed by atoms with van der Waals surface area (Å²) in [6.07, 6.45) is -1.00. The number of H-pyrrole nitrogens is 1. The Balaban J connectivity index is 2.36. The molecule has 2 rings (SSSR count). The van der Waals surface area contributed by atoms with Crippen molar-refractivity contribution < 1.29 is 56.3 Å². The molecule has 1 fully saturated rings. The average molecular weight is 549 g/mol. The molecule has 0 amide bonds. The third-order valence-corrected chi connectivity index (χ3v) is 8.06. The molecule has 0 aromatic carbocycles. The van der Waals surface area contributed by atoms with E-state index in [9.17, 15) is 38.2 Å². The molecule has 2 heterocycles. The van der Waals surface area contributed by atoms with Crippen LogP contribution in [0.3, 0.4) is 0 Å². The van der Waals surface area contributed by atoms with Gasteiger partial charge in [-0.25, -0.2) is 18.5 Å². The van der Waals surface area contributed by atoms with Gasteiger partial charge in [-0.15, -0.1) is 6.58 Å². The zero-order valence-corrected chi connectivity index (χ0v) is 19.3. The van der Waals surface area contributed by atoms with E-state index in [2.05, 4.69) is 29.7 Å². The van der Waals surface area contributed by atoms with E-state index < -0.39 is 71.7 Å². The van der Waals surface area contributed by atoms with Gasteiger partial charge in [0, 0.05) is 17.2 Å². The Labute approximate surface area is 188 Å². The van der Waals surface area contributed by atoms with Crippen molar-refractivity contribution in [3.63, 3.8) is 0 Å². The number of azide groups is 1. The topological polar surface area (TPSA) is 293 Å². The fourth-order valence-corrected chi connectivity index (χ4v) is 6.03. The monoisotopic (exact) mass is 549 g/mol. The van der Waals surface area contributed by atoms with Crippen LogP contribution < -0.4 is 11.2 Å². The number of ether oxygens (including phenoxy) is 1. The van der Waals surface area contributed by atoms with Gasteiger partial charge in [-0.2, -0.15) is 8.62 Å². The Kier molecular flexibility index (Phi) is 8.62. The van der Waals surface area contributed by atoms with Crippen LogP contribution in [0.4, 0.5) is 0 Å². The van der Waals surface area contributed by atoms with E-state index in [-0.39, 0.29) is 0 Å². The maximum absolute atomic E-state index is 12.2. The van der Waals surface area contributed by atoms with Crippen LogP contribution in [0.25, 0.3) is 10.4 Å². The molecule has 2 unspecified atom stereocenters. The molecule has 6 N–H and O–H groups in total. The maximum Gasteiger partial charge on any atom is 0.490 e. The summed E-state index contributed by atoms with van der Waals surface area (Å²) in [6, 6.07) is 0.955. The number of hydrogen-bond donors (Lipinski definition) is 6. The number of nitrogens with one attached hydrogen (secondary N) is 1. The molecule has 0 saturated carbocycles. The molecular formula is C12H18N5O14P3. The summed E-state index contributed by atoms with van der Waals surface area (Å²) in [4.78, 5) is 64.0. The van der Waals surface area contributed by atoms with E-state index in [4.69, 9.17) is 20.1 Å². The minimum Gasteiger partial charge on any atom is -0.389 e. The summed E-state index contributed by atoms with van der Waals surface area (Å²) >= 11 is 0. The van der Waals surface area contributed by atoms with Crippen LogP contribution in [0.1, 0.15) is 6.23 Å². The van der Waals surface area contributed by atoms with Gasteiger partial charge < -0.3 is 29.4 Å². The Morgan fingerprint density at radius 2 is 1.91 bits per heavy atom. The molecule has 1 aliphatic rings. The number of aliphatic hydroxyl groups is 1. The zero-order valence-electron chi connectivity index (χ0n) is 16.6. The Morgan fingerprint density at radius 3 is 2.44 bits per heavy atom. The molecule has 0 bridgehead atoms. The molecular weight excluding hydrogens is 531 g/mol. The number of phosphoric ester groups is 1. The van der Waals surface area contributed by atoms with Gasteiger partial charge in [0.2, 0.25) is 0 Å². The van der Waals surface area contributed by atoms with Crippen molar-refractivity contribution in [2.45, 2.75) is 17.9 Å². The van der Waals surface area contributed by atoms with Gasteiger partial charge in [-0.1, -0.05) is 11.2 Å². The van der Waals surface area contributed by atoms with E-state index in [0.717, 1.165) is 22.9 Å². The number of hydrogen-bond acceptors (Lipinski definition) is 11. The van der Waals surface area contributed by atoms with Crippen molar-refractivity contribution in [1.29, 1.82) is 0 Å². The lowest BCUT2D eigenvalue weighted by Gasteiger charge is -2.31. The predicted molar refractivity (Wildman–Crippen MR) is 108 cm³/mol. The van der Waals surface area contributed by atoms with Gasteiger partial charge in [0.25, 0.3) is 5.56 Å². The first-order valence-corrected chi connectivity index (χ1v) is 13.2. The molecule has 19 nitrogen and oxygen atoms in total. The number of aromatic nitrogens is 2. The SMILES string of the molecule is C=C[C@H]1[C@H](n2ccc(=O)[nH]c2=O)O[C@](CN=[N+]=[N-])(COP(=O)(O)OP(=O)(O)OP(=O)(O)O)[C@H]1O. The van der Waals surface area contributed by atoms with Gasteiger partial charge in [0.15, 0.2) is 0 Å². The van der Waals surface area contributed by atoms with E-state index >= 15 is 0 Å². The minimum atomic E-state index is -5.83. The maximum atomic E-state index is 12.2. The van der Waals surface area contributed by atoms with Crippen molar-refractivity contribution in [2.75, 3.05) is 13.2 Å². The molecule has 1 aromatic heterocycles. The highest BCUT2D eigenvalue weighted by atomic mass is 31.3. The normalized spacial score (nSPS) is 28.4. The van der Waals surface area contributed by atoms with Crippen molar-refractivity contribution in [3.8, 4) is 0 Å². The fourth-order valence-electron chi connectivity index (χ4n) is 2.95. The molecule has 1 aromatic rings. The summed E-state index contributed by atoms with van der Waals surface area (Å²) in [6.45, 7) is 1.53. The summed E-state index contributed by atoms with van der Waals surface area (Å²) < 4.78 is 52.5. The van der Waals surface area contributed by atoms with E-state index in [0.29, 0.717) is 0 Å². The molecule has 190 valence electrons. The van der Waals surface area contributed by atoms with E-state index in [1.807, 2.05) is 4.98 Å². The fraction of sp³-hybridized carbons (Fsp3) is 0.500. The second-order valence-corrected chi connectivity index (χ2v) is 11.0. The number of rotatable bonds is 11. The van der Waals surface area contributed by atoms with Crippen LogP contribution >= 0.6 is 23.5 Å².